The normalized spacial score (nSPS) is 13.7. The van der Waals surface area contributed by atoms with E-state index >= 15 is 0 Å². The molecule has 3 rings (SSSR count). The van der Waals surface area contributed by atoms with Crippen LogP contribution in [0.2, 0.25) is 0 Å². The van der Waals surface area contributed by atoms with E-state index in [4.69, 9.17) is 0 Å². The van der Waals surface area contributed by atoms with Gasteiger partial charge in [-0.15, -0.1) is 0 Å². The summed E-state index contributed by atoms with van der Waals surface area (Å²) in [6.07, 6.45) is 0. The first-order chi connectivity index (χ1) is 8.99. The van der Waals surface area contributed by atoms with Gasteiger partial charge in [-0.2, -0.15) is 5.10 Å². The fraction of sp³-hybridized carbons (Fsp3) is 0.429. The van der Waals surface area contributed by atoms with Gasteiger partial charge in [0.25, 0.3) is 0 Å². The van der Waals surface area contributed by atoms with Gasteiger partial charge in [0, 0.05) is 12.6 Å². The standard InChI is InChI=1S/C14H17FN4/c1-8(2)13-10(15)5-6-11-14(13)18(4)7-12-16-9(3)17-19(11)12/h5-6,8H,7H2,1-4H3. The van der Waals surface area contributed by atoms with Crippen molar-refractivity contribution in [1.82, 2.24) is 14.8 Å². The molecule has 2 aromatic rings. The highest BCUT2D eigenvalue weighted by Gasteiger charge is 2.27. The van der Waals surface area contributed by atoms with Gasteiger partial charge in [-0.3, -0.25) is 0 Å². The number of aryl methyl sites for hydroxylation is 1. The Morgan fingerprint density at radius 2 is 2.05 bits per heavy atom. The van der Waals surface area contributed by atoms with Crippen LogP contribution in [0.25, 0.3) is 5.69 Å². The summed E-state index contributed by atoms with van der Waals surface area (Å²) in [5, 5.41) is 4.41. The molecule has 19 heavy (non-hydrogen) atoms. The van der Waals surface area contributed by atoms with Crippen LogP contribution >= 0.6 is 0 Å². The van der Waals surface area contributed by atoms with E-state index in [-0.39, 0.29) is 11.7 Å². The maximum Gasteiger partial charge on any atom is 0.152 e. The number of benzene rings is 1. The van der Waals surface area contributed by atoms with Gasteiger partial charge in [0.15, 0.2) is 5.82 Å². The topological polar surface area (TPSA) is 34.0 Å². The number of rotatable bonds is 1. The Balaban J connectivity index is 2.32. The highest BCUT2D eigenvalue weighted by Crippen LogP contribution is 2.38. The lowest BCUT2D eigenvalue weighted by molar-refractivity contribution is 0.591. The lowest BCUT2D eigenvalue weighted by Gasteiger charge is -2.30. The molecule has 0 aliphatic carbocycles. The highest BCUT2D eigenvalue weighted by atomic mass is 19.1. The van der Waals surface area contributed by atoms with Crippen LogP contribution < -0.4 is 4.90 Å². The van der Waals surface area contributed by atoms with E-state index in [1.165, 1.54) is 6.07 Å². The zero-order chi connectivity index (χ0) is 13.7. The summed E-state index contributed by atoms with van der Waals surface area (Å²) in [6.45, 7) is 6.54. The van der Waals surface area contributed by atoms with Crippen LogP contribution in [0, 0.1) is 12.7 Å². The lowest BCUT2D eigenvalue weighted by atomic mass is 9.97. The molecule has 1 aliphatic rings. The number of aromatic nitrogens is 3. The van der Waals surface area contributed by atoms with E-state index in [0.29, 0.717) is 6.54 Å². The van der Waals surface area contributed by atoms with Crippen LogP contribution in [0.3, 0.4) is 0 Å². The number of hydrogen-bond acceptors (Lipinski definition) is 3. The van der Waals surface area contributed by atoms with Crippen LogP contribution in [0.5, 0.6) is 0 Å². The average Bonchev–Trinajstić information content (AvgIpc) is 2.69. The summed E-state index contributed by atoms with van der Waals surface area (Å²) in [4.78, 5) is 6.47. The summed E-state index contributed by atoms with van der Waals surface area (Å²) in [6, 6.07) is 3.30. The zero-order valence-electron chi connectivity index (χ0n) is 11.6. The van der Waals surface area contributed by atoms with Crippen molar-refractivity contribution >= 4 is 5.69 Å². The number of hydrogen-bond donors (Lipinski definition) is 0. The van der Waals surface area contributed by atoms with Gasteiger partial charge in [-0.1, -0.05) is 13.8 Å². The van der Waals surface area contributed by atoms with Gasteiger partial charge >= 0.3 is 0 Å². The summed E-state index contributed by atoms with van der Waals surface area (Å²) in [7, 11) is 1.97. The molecule has 1 aromatic carbocycles. The zero-order valence-corrected chi connectivity index (χ0v) is 11.6. The molecule has 1 aromatic heterocycles. The molecule has 0 amide bonds. The minimum Gasteiger partial charge on any atom is -0.365 e. The van der Waals surface area contributed by atoms with Crippen molar-refractivity contribution in [1.29, 1.82) is 0 Å². The van der Waals surface area contributed by atoms with Gasteiger partial charge < -0.3 is 4.90 Å². The van der Waals surface area contributed by atoms with Crippen LogP contribution in [0.4, 0.5) is 10.1 Å². The molecule has 0 fully saturated rings. The van der Waals surface area contributed by atoms with Gasteiger partial charge in [0.05, 0.1) is 17.9 Å². The molecule has 0 atom stereocenters. The lowest BCUT2D eigenvalue weighted by Crippen LogP contribution is -2.28. The van der Waals surface area contributed by atoms with E-state index < -0.39 is 0 Å². The van der Waals surface area contributed by atoms with Gasteiger partial charge in [-0.25, -0.2) is 14.1 Å². The molecule has 0 bridgehead atoms. The smallest absolute Gasteiger partial charge is 0.152 e. The second-order valence-electron chi connectivity index (χ2n) is 5.33. The Labute approximate surface area is 111 Å². The summed E-state index contributed by atoms with van der Waals surface area (Å²) in [5.74, 6) is 1.62. The van der Waals surface area contributed by atoms with Gasteiger partial charge in [-0.05, 0) is 25.0 Å². The van der Waals surface area contributed by atoms with Crippen molar-refractivity contribution in [3.05, 3.63) is 35.2 Å². The van der Waals surface area contributed by atoms with E-state index in [1.54, 1.807) is 6.07 Å². The summed E-state index contributed by atoms with van der Waals surface area (Å²) < 4.78 is 15.9. The maximum atomic E-state index is 14.1. The van der Waals surface area contributed by atoms with Crippen LogP contribution in [0.1, 0.15) is 37.0 Å². The predicted octanol–water partition coefficient (Wildman–Crippen LogP) is 2.79. The average molecular weight is 260 g/mol. The third-order valence-electron chi connectivity index (χ3n) is 3.49. The minimum atomic E-state index is -0.152. The molecule has 0 spiro atoms. The minimum absolute atomic E-state index is 0.128. The molecular weight excluding hydrogens is 243 g/mol. The monoisotopic (exact) mass is 260 g/mol. The maximum absolute atomic E-state index is 14.1. The van der Waals surface area contributed by atoms with E-state index in [0.717, 1.165) is 28.6 Å². The Morgan fingerprint density at radius 3 is 2.74 bits per heavy atom. The molecule has 0 saturated heterocycles. The highest BCUT2D eigenvalue weighted by molar-refractivity contribution is 5.70. The van der Waals surface area contributed by atoms with Crippen LogP contribution in [-0.4, -0.2) is 21.8 Å². The number of nitrogens with zero attached hydrogens (tertiary/aromatic N) is 4. The molecular formula is C14H17FN4. The largest absolute Gasteiger partial charge is 0.365 e. The second-order valence-corrected chi connectivity index (χ2v) is 5.33. The van der Waals surface area contributed by atoms with Crippen molar-refractivity contribution in [2.24, 2.45) is 0 Å². The molecule has 4 nitrogen and oxygen atoms in total. The third-order valence-corrected chi connectivity index (χ3v) is 3.49. The summed E-state index contributed by atoms with van der Waals surface area (Å²) >= 11 is 0. The number of halogens is 1. The molecule has 0 saturated carbocycles. The molecule has 1 aliphatic heterocycles. The SMILES string of the molecule is Cc1nc2n(n1)-c1ccc(F)c(C(C)C)c1N(C)C2. The predicted molar refractivity (Wildman–Crippen MR) is 72.3 cm³/mol. The summed E-state index contributed by atoms with van der Waals surface area (Å²) in [5.41, 5.74) is 2.58. The Bertz CT molecular complexity index is 645. The van der Waals surface area contributed by atoms with Crippen LogP contribution in [-0.2, 0) is 6.54 Å². The number of fused-ring (bicyclic) bond motifs is 3. The Kier molecular flexibility index (Phi) is 2.59. The molecule has 0 N–H and O–H groups in total. The first-order valence-electron chi connectivity index (χ1n) is 6.45. The van der Waals surface area contributed by atoms with Gasteiger partial charge in [0.1, 0.15) is 11.6 Å². The van der Waals surface area contributed by atoms with Crippen molar-refractivity contribution in [2.75, 3.05) is 11.9 Å². The first-order valence-corrected chi connectivity index (χ1v) is 6.45. The van der Waals surface area contributed by atoms with Crippen molar-refractivity contribution < 1.29 is 4.39 Å². The second kappa shape index (κ2) is 4.05. The van der Waals surface area contributed by atoms with Crippen molar-refractivity contribution in [3.63, 3.8) is 0 Å². The van der Waals surface area contributed by atoms with E-state index in [1.807, 2.05) is 32.5 Å². The molecule has 0 radical (unpaired) electrons. The van der Waals surface area contributed by atoms with Crippen LogP contribution in [0.15, 0.2) is 12.1 Å². The first kappa shape index (κ1) is 12.1. The number of anilines is 1. The Hall–Kier alpha value is -1.91. The molecule has 0 unspecified atom stereocenters. The van der Waals surface area contributed by atoms with E-state index in [2.05, 4.69) is 15.0 Å². The quantitative estimate of drug-likeness (QED) is 0.790. The Morgan fingerprint density at radius 1 is 1.32 bits per heavy atom. The third kappa shape index (κ3) is 1.72. The van der Waals surface area contributed by atoms with Crippen molar-refractivity contribution in [2.45, 2.75) is 33.2 Å². The fourth-order valence-electron chi connectivity index (χ4n) is 2.74. The molecule has 5 heteroatoms. The van der Waals surface area contributed by atoms with Gasteiger partial charge in [0.2, 0.25) is 0 Å². The molecule has 100 valence electrons. The van der Waals surface area contributed by atoms with Crippen molar-refractivity contribution in [3.8, 4) is 5.69 Å². The van der Waals surface area contributed by atoms with E-state index in [9.17, 15) is 4.39 Å². The molecule has 2 heterocycles. The fourth-order valence-corrected chi connectivity index (χ4v) is 2.74.